The van der Waals surface area contributed by atoms with Gasteiger partial charge in [0, 0.05) is 30.4 Å². The molecule has 0 unspecified atom stereocenters. The zero-order valence-electron chi connectivity index (χ0n) is 15.8. The minimum atomic E-state index is -1.12. The van der Waals surface area contributed by atoms with E-state index >= 15 is 0 Å². The van der Waals surface area contributed by atoms with Crippen molar-refractivity contribution in [3.05, 3.63) is 103 Å². The minimum Gasteiger partial charge on any atom is -0.478 e. The molecule has 146 valence electrons. The molecule has 0 bridgehead atoms. The third-order valence-corrected chi connectivity index (χ3v) is 4.62. The number of rotatable bonds is 5. The van der Waals surface area contributed by atoms with Crippen LogP contribution in [0.25, 0.3) is 22.3 Å². The predicted octanol–water partition coefficient (Wildman–Crippen LogP) is 4.76. The van der Waals surface area contributed by atoms with Crippen LogP contribution in [0.1, 0.15) is 20.7 Å². The van der Waals surface area contributed by atoms with Gasteiger partial charge in [0.25, 0.3) is 5.91 Å². The lowest BCUT2D eigenvalue weighted by atomic mass is 10.0. The summed E-state index contributed by atoms with van der Waals surface area (Å²) >= 11 is 0. The predicted molar refractivity (Wildman–Crippen MR) is 114 cm³/mol. The van der Waals surface area contributed by atoms with Crippen LogP contribution in [0, 0.1) is 0 Å². The number of carboxylic acid groups (broad SMARTS) is 1. The number of carboxylic acids is 1. The molecule has 0 radical (unpaired) electrons. The van der Waals surface area contributed by atoms with Crippen LogP contribution in [-0.4, -0.2) is 27.0 Å². The van der Waals surface area contributed by atoms with Crippen molar-refractivity contribution >= 4 is 17.6 Å². The van der Waals surface area contributed by atoms with E-state index in [1.807, 2.05) is 42.5 Å². The maximum absolute atomic E-state index is 12.9. The summed E-state index contributed by atoms with van der Waals surface area (Å²) < 4.78 is 0. The average molecular weight is 395 g/mol. The monoisotopic (exact) mass is 395 g/mol. The van der Waals surface area contributed by atoms with Crippen molar-refractivity contribution in [3.8, 4) is 22.3 Å². The molecule has 2 N–H and O–H groups in total. The Morgan fingerprint density at radius 3 is 2.20 bits per heavy atom. The molecule has 0 spiro atoms. The Bertz CT molecular complexity index is 1210. The van der Waals surface area contributed by atoms with Crippen molar-refractivity contribution in [2.45, 2.75) is 0 Å². The van der Waals surface area contributed by atoms with Crippen molar-refractivity contribution in [1.29, 1.82) is 0 Å². The molecule has 4 rings (SSSR count). The van der Waals surface area contributed by atoms with Gasteiger partial charge in [0.2, 0.25) is 0 Å². The molecule has 4 aromatic rings. The summed E-state index contributed by atoms with van der Waals surface area (Å²) in [5, 5.41) is 12.3. The quantitative estimate of drug-likeness (QED) is 0.508. The summed E-state index contributed by atoms with van der Waals surface area (Å²) in [5.41, 5.74) is 3.94. The van der Waals surface area contributed by atoms with Gasteiger partial charge in [-0.25, -0.2) is 4.79 Å². The summed E-state index contributed by atoms with van der Waals surface area (Å²) in [6.45, 7) is 0. The fourth-order valence-electron chi connectivity index (χ4n) is 3.11. The van der Waals surface area contributed by atoms with Crippen LogP contribution in [0.4, 0.5) is 5.69 Å². The molecule has 1 amide bonds. The highest BCUT2D eigenvalue weighted by molar-refractivity contribution is 6.08. The highest BCUT2D eigenvalue weighted by atomic mass is 16.4. The van der Waals surface area contributed by atoms with Crippen LogP contribution in [0.3, 0.4) is 0 Å². The number of hydrogen-bond donors (Lipinski definition) is 2. The number of amides is 1. The molecular weight excluding hydrogens is 378 g/mol. The third-order valence-electron chi connectivity index (χ3n) is 4.62. The highest BCUT2D eigenvalue weighted by Crippen LogP contribution is 2.27. The Balaban J connectivity index is 1.66. The molecule has 2 heterocycles. The van der Waals surface area contributed by atoms with Crippen LogP contribution >= 0.6 is 0 Å². The maximum Gasteiger partial charge on any atom is 0.337 e. The number of benzene rings is 2. The molecule has 2 aromatic carbocycles. The van der Waals surface area contributed by atoms with Gasteiger partial charge in [0.1, 0.15) is 0 Å². The Hall–Kier alpha value is -4.32. The summed E-state index contributed by atoms with van der Waals surface area (Å²) in [6.07, 6.45) is 6.43. The van der Waals surface area contributed by atoms with E-state index in [-0.39, 0.29) is 11.3 Å². The Kier molecular flexibility index (Phi) is 5.30. The van der Waals surface area contributed by atoms with Gasteiger partial charge in [-0.1, -0.05) is 36.4 Å². The molecule has 0 aliphatic rings. The molecule has 2 aromatic heterocycles. The first-order valence-corrected chi connectivity index (χ1v) is 9.21. The molecule has 0 aliphatic carbocycles. The molecule has 0 fully saturated rings. The lowest BCUT2D eigenvalue weighted by Gasteiger charge is -2.12. The third kappa shape index (κ3) is 4.07. The van der Waals surface area contributed by atoms with Crippen LogP contribution in [-0.2, 0) is 0 Å². The lowest BCUT2D eigenvalue weighted by Crippen LogP contribution is -2.15. The number of carbonyl (C=O) groups is 2. The Labute approximate surface area is 172 Å². The molecule has 30 heavy (non-hydrogen) atoms. The fourth-order valence-corrected chi connectivity index (χ4v) is 3.11. The van der Waals surface area contributed by atoms with Crippen LogP contribution < -0.4 is 5.32 Å². The number of nitrogens with zero attached hydrogens (tertiary/aromatic N) is 2. The summed E-state index contributed by atoms with van der Waals surface area (Å²) in [4.78, 5) is 32.7. The second-order valence-corrected chi connectivity index (χ2v) is 6.58. The number of carbonyl (C=O) groups excluding carboxylic acids is 1. The lowest BCUT2D eigenvalue weighted by molar-refractivity contribution is 0.0698. The molecule has 0 aliphatic heterocycles. The Morgan fingerprint density at radius 1 is 0.733 bits per heavy atom. The smallest absolute Gasteiger partial charge is 0.337 e. The van der Waals surface area contributed by atoms with Crippen LogP contribution in [0.15, 0.2) is 91.5 Å². The van der Waals surface area contributed by atoms with E-state index in [0.717, 1.165) is 22.3 Å². The molecule has 0 atom stereocenters. The fraction of sp³-hybridized carbons (Fsp3) is 0. The number of pyridine rings is 2. The standard InChI is InChI=1S/C24H17N3O3/c28-23(20-12-19(14-26-15-20)17-8-10-25-11-9-17)27-22-13-18(6-7-21(22)24(29)30)16-4-2-1-3-5-16/h1-15H,(H,27,28)(H,29,30). The van der Waals surface area contributed by atoms with Crippen LogP contribution in [0.5, 0.6) is 0 Å². The van der Waals surface area contributed by atoms with Crippen molar-refractivity contribution in [2.75, 3.05) is 5.32 Å². The molecule has 0 saturated heterocycles. The first kappa shape index (κ1) is 19.0. The van der Waals surface area contributed by atoms with E-state index < -0.39 is 11.9 Å². The number of nitrogens with one attached hydrogen (secondary N) is 1. The Morgan fingerprint density at radius 2 is 1.47 bits per heavy atom. The van der Waals surface area contributed by atoms with Crippen molar-refractivity contribution in [1.82, 2.24) is 9.97 Å². The zero-order chi connectivity index (χ0) is 20.9. The second kappa shape index (κ2) is 8.36. The first-order chi connectivity index (χ1) is 14.6. The van der Waals surface area contributed by atoms with Crippen LogP contribution in [0.2, 0.25) is 0 Å². The topological polar surface area (TPSA) is 92.2 Å². The van der Waals surface area contributed by atoms with Gasteiger partial charge in [0.05, 0.1) is 16.8 Å². The van der Waals surface area contributed by atoms with Gasteiger partial charge >= 0.3 is 5.97 Å². The normalized spacial score (nSPS) is 10.4. The van der Waals surface area contributed by atoms with Gasteiger partial charge in [-0.2, -0.15) is 0 Å². The second-order valence-electron chi connectivity index (χ2n) is 6.58. The van der Waals surface area contributed by atoms with E-state index in [4.69, 9.17) is 0 Å². The summed E-state index contributed by atoms with van der Waals surface area (Å²) in [5.74, 6) is -1.56. The van der Waals surface area contributed by atoms with E-state index in [9.17, 15) is 14.7 Å². The number of aromatic carboxylic acids is 1. The van der Waals surface area contributed by atoms with Crippen molar-refractivity contribution < 1.29 is 14.7 Å². The summed E-state index contributed by atoms with van der Waals surface area (Å²) in [7, 11) is 0. The largest absolute Gasteiger partial charge is 0.478 e. The average Bonchev–Trinajstić information content (AvgIpc) is 2.80. The zero-order valence-corrected chi connectivity index (χ0v) is 15.8. The van der Waals surface area contributed by atoms with E-state index in [0.29, 0.717) is 5.56 Å². The van der Waals surface area contributed by atoms with E-state index in [2.05, 4.69) is 15.3 Å². The molecule has 6 heteroatoms. The maximum atomic E-state index is 12.9. The molecule has 0 saturated carbocycles. The number of hydrogen-bond acceptors (Lipinski definition) is 4. The van der Waals surface area contributed by atoms with Gasteiger partial charge in [-0.3, -0.25) is 14.8 Å². The SMILES string of the molecule is O=C(Nc1cc(-c2ccccc2)ccc1C(=O)O)c1cncc(-c2ccncc2)c1. The van der Waals surface area contributed by atoms with Crippen molar-refractivity contribution in [2.24, 2.45) is 0 Å². The molecule has 6 nitrogen and oxygen atoms in total. The van der Waals surface area contributed by atoms with Gasteiger partial charge in [-0.15, -0.1) is 0 Å². The number of anilines is 1. The number of aromatic nitrogens is 2. The first-order valence-electron chi connectivity index (χ1n) is 9.21. The van der Waals surface area contributed by atoms with E-state index in [1.165, 1.54) is 12.3 Å². The van der Waals surface area contributed by atoms with Gasteiger partial charge in [-0.05, 0) is 47.0 Å². The summed E-state index contributed by atoms with van der Waals surface area (Å²) in [6, 6.07) is 19.8. The highest BCUT2D eigenvalue weighted by Gasteiger charge is 2.16. The van der Waals surface area contributed by atoms with E-state index in [1.54, 1.807) is 36.8 Å². The van der Waals surface area contributed by atoms with Gasteiger partial charge in [0.15, 0.2) is 0 Å². The van der Waals surface area contributed by atoms with Crippen molar-refractivity contribution in [3.63, 3.8) is 0 Å². The molecular formula is C24H17N3O3. The minimum absolute atomic E-state index is 0.0151. The van der Waals surface area contributed by atoms with Gasteiger partial charge < -0.3 is 10.4 Å².